The first kappa shape index (κ1) is 28.3. The largest absolute Gasteiger partial charge is 0.481 e. The maximum atomic E-state index is 13.2. The van der Waals surface area contributed by atoms with E-state index in [1.165, 1.54) is 32.5 Å². The smallest absolute Gasteiger partial charge is 0.416 e. The van der Waals surface area contributed by atoms with E-state index in [0.29, 0.717) is 12.1 Å². The van der Waals surface area contributed by atoms with Crippen LogP contribution in [0.2, 0.25) is 0 Å². The third-order valence-corrected chi connectivity index (χ3v) is 4.38. The van der Waals surface area contributed by atoms with E-state index in [9.17, 15) is 31.1 Å². The van der Waals surface area contributed by atoms with Crippen LogP contribution >= 0.6 is 0 Å². The molecule has 0 aliphatic heterocycles. The summed E-state index contributed by atoms with van der Waals surface area (Å²) in [7, 11) is 2.69. The van der Waals surface area contributed by atoms with Crippen LogP contribution in [-0.4, -0.2) is 48.8 Å². The first-order valence-corrected chi connectivity index (χ1v) is 10.2. The molecule has 2 aromatic rings. The number of aliphatic imine (C=N–C) groups is 1. The van der Waals surface area contributed by atoms with Crippen LogP contribution in [0.25, 0.3) is 5.57 Å². The van der Waals surface area contributed by atoms with Crippen LogP contribution < -0.4 is 4.74 Å². The molecule has 0 aliphatic carbocycles. The molecule has 0 bridgehead atoms. The monoisotopic (exact) mass is 516 g/mol. The Morgan fingerprint density at radius 2 is 1.64 bits per heavy atom. The minimum absolute atomic E-state index is 0.00940. The number of halogens is 6. The fourth-order valence-electron chi connectivity index (χ4n) is 2.81. The highest BCUT2D eigenvalue weighted by molar-refractivity contribution is 6.16. The second kappa shape index (κ2) is 11.2. The summed E-state index contributed by atoms with van der Waals surface area (Å²) in [6.45, 7) is 6.44. The minimum Gasteiger partial charge on any atom is -0.481 e. The van der Waals surface area contributed by atoms with E-state index in [0.717, 1.165) is 11.2 Å². The van der Waals surface area contributed by atoms with E-state index < -0.39 is 47.0 Å². The lowest BCUT2D eigenvalue weighted by Crippen LogP contribution is -2.17. The van der Waals surface area contributed by atoms with Crippen LogP contribution in [0.15, 0.2) is 52.8 Å². The predicted octanol–water partition coefficient (Wildman–Crippen LogP) is 5.41. The molecule has 0 unspecified atom stereocenters. The number of esters is 1. The number of carbonyl (C=O) groups excluding carboxylic acids is 1. The van der Waals surface area contributed by atoms with Crippen molar-refractivity contribution in [1.29, 1.82) is 0 Å². The van der Waals surface area contributed by atoms with Gasteiger partial charge in [-0.15, -0.1) is 0 Å². The van der Waals surface area contributed by atoms with Crippen molar-refractivity contribution >= 4 is 24.1 Å². The third-order valence-electron chi connectivity index (χ3n) is 4.38. The SMILES string of the molecule is C=N/C(=N\N(C)/C=C(/C(=O)OC(C)C)c1ccc(OC)nc1)c1cc(C(F)(F)F)cc(C(F)(F)F)c1. The standard InChI is InChI=1S/C23H22F6N4O3/c1-13(2)36-21(34)18(14-6-7-19(35-5)31-11-14)12-33(4)32-20(30-3)15-8-16(22(24,25)26)10-17(9-15)23(27,28)29/h6-13H,3H2,1-2,4-5H3/b18-12+,32-20-. The highest BCUT2D eigenvalue weighted by Crippen LogP contribution is 2.36. The number of methoxy groups -OCH3 is 1. The van der Waals surface area contributed by atoms with Crippen molar-refractivity contribution in [3.63, 3.8) is 0 Å². The molecule has 1 aromatic carbocycles. The highest BCUT2D eigenvalue weighted by atomic mass is 19.4. The summed E-state index contributed by atoms with van der Waals surface area (Å²) in [6, 6.07) is 3.92. The van der Waals surface area contributed by atoms with Crippen molar-refractivity contribution < 1.29 is 40.6 Å². The number of nitrogens with zero attached hydrogens (tertiary/aromatic N) is 4. The van der Waals surface area contributed by atoms with Gasteiger partial charge in [0, 0.05) is 36.6 Å². The van der Waals surface area contributed by atoms with Crippen molar-refractivity contribution in [2.75, 3.05) is 14.2 Å². The molecule has 7 nitrogen and oxygen atoms in total. The zero-order chi connectivity index (χ0) is 27.3. The molecule has 0 radical (unpaired) electrons. The molecule has 36 heavy (non-hydrogen) atoms. The lowest BCUT2D eigenvalue weighted by Gasteiger charge is -2.16. The van der Waals surface area contributed by atoms with Crippen molar-refractivity contribution in [2.45, 2.75) is 32.3 Å². The Hall–Kier alpha value is -3.90. The Labute approximate surface area is 202 Å². The molecule has 1 heterocycles. The highest BCUT2D eigenvalue weighted by Gasteiger charge is 2.37. The molecule has 0 fully saturated rings. The molecular formula is C23H22F6N4O3. The summed E-state index contributed by atoms with van der Waals surface area (Å²) in [5.41, 5.74) is -3.41. The van der Waals surface area contributed by atoms with Gasteiger partial charge in [-0.2, -0.15) is 31.4 Å². The number of hydrazone groups is 1. The number of benzene rings is 1. The Kier molecular flexibility index (Phi) is 8.84. The van der Waals surface area contributed by atoms with Crippen molar-refractivity contribution in [2.24, 2.45) is 10.1 Å². The molecule has 0 atom stereocenters. The predicted molar refractivity (Wildman–Crippen MR) is 120 cm³/mol. The molecule has 1 aromatic heterocycles. The van der Waals surface area contributed by atoms with Crippen LogP contribution in [0, 0.1) is 0 Å². The number of carbonyl (C=O) groups is 1. The van der Waals surface area contributed by atoms with E-state index in [-0.39, 0.29) is 23.1 Å². The molecule has 0 saturated carbocycles. The van der Waals surface area contributed by atoms with Crippen LogP contribution in [0.3, 0.4) is 0 Å². The number of aromatic nitrogens is 1. The van der Waals surface area contributed by atoms with Crippen molar-refractivity contribution in [1.82, 2.24) is 9.99 Å². The summed E-state index contributed by atoms with van der Waals surface area (Å²) in [5, 5.41) is 4.91. The maximum absolute atomic E-state index is 13.2. The van der Waals surface area contributed by atoms with Gasteiger partial charge in [0.05, 0.1) is 29.9 Å². The van der Waals surface area contributed by atoms with E-state index in [2.05, 4.69) is 21.8 Å². The zero-order valence-electron chi connectivity index (χ0n) is 19.6. The van der Waals surface area contributed by atoms with E-state index in [1.807, 2.05) is 0 Å². The fourth-order valence-corrected chi connectivity index (χ4v) is 2.81. The Bertz CT molecular complexity index is 1120. The normalized spacial score (nSPS) is 13.0. The molecule has 0 spiro atoms. The van der Waals surface area contributed by atoms with Gasteiger partial charge in [-0.3, -0.25) is 5.01 Å². The quantitative estimate of drug-likeness (QED) is 0.123. The summed E-state index contributed by atoms with van der Waals surface area (Å²) < 4.78 is 89.6. The number of pyridine rings is 1. The van der Waals surface area contributed by atoms with Gasteiger partial charge in [0.2, 0.25) is 5.88 Å². The van der Waals surface area contributed by atoms with E-state index in [1.54, 1.807) is 13.8 Å². The number of hydrogen-bond acceptors (Lipinski definition) is 6. The molecule has 0 amide bonds. The Morgan fingerprint density at radius 3 is 2.06 bits per heavy atom. The van der Waals surface area contributed by atoms with Gasteiger partial charge < -0.3 is 9.47 Å². The maximum Gasteiger partial charge on any atom is 0.416 e. The summed E-state index contributed by atoms with van der Waals surface area (Å²) >= 11 is 0. The average Bonchev–Trinajstić information content (AvgIpc) is 2.79. The Balaban J connectivity index is 2.59. The van der Waals surface area contributed by atoms with E-state index in [4.69, 9.17) is 9.47 Å². The lowest BCUT2D eigenvalue weighted by atomic mass is 10.0. The molecule has 0 aliphatic rings. The number of hydrogen-bond donors (Lipinski definition) is 0. The molecule has 194 valence electrons. The van der Waals surface area contributed by atoms with Crippen LogP contribution in [0.4, 0.5) is 26.3 Å². The van der Waals surface area contributed by atoms with Gasteiger partial charge in [-0.05, 0) is 44.8 Å². The fraction of sp³-hybridized carbons (Fsp3) is 0.304. The minimum atomic E-state index is -5.05. The third kappa shape index (κ3) is 7.55. The van der Waals surface area contributed by atoms with Crippen molar-refractivity contribution in [3.8, 4) is 5.88 Å². The number of rotatable bonds is 7. The summed E-state index contributed by atoms with van der Waals surface area (Å²) in [5.74, 6) is -1.05. The van der Waals surface area contributed by atoms with Crippen LogP contribution in [-0.2, 0) is 21.9 Å². The van der Waals surface area contributed by atoms with Gasteiger partial charge >= 0.3 is 18.3 Å². The molecular weight excluding hydrogens is 494 g/mol. The summed E-state index contributed by atoms with van der Waals surface area (Å²) in [4.78, 5) is 20.2. The Morgan fingerprint density at radius 1 is 1.06 bits per heavy atom. The number of amidine groups is 1. The number of alkyl halides is 6. The van der Waals surface area contributed by atoms with Gasteiger partial charge in [-0.25, -0.2) is 14.8 Å². The van der Waals surface area contributed by atoms with Crippen molar-refractivity contribution in [3.05, 3.63) is 65.0 Å². The molecule has 0 N–H and O–H groups in total. The van der Waals surface area contributed by atoms with E-state index >= 15 is 0 Å². The topological polar surface area (TPSA) is 76.4 Å². The zero-order valence-corrected chi connectivity index (χ0v) is 19.6. The van der Waals surface area contributed by atoms with Gasteiger partial charge in [0.25, 0.3) is 0 Å². The second-order valence-electron chi connectivity index (χ2n) is 7.54. The average molecular weight is 516 g/mol. The van der Waals surface area contributed by atoms with Gasteiger partial charge in [-0.1, -0.05) is 0 Å². The van der Waals surface area contributed by atoms with Crippen LogP contribution in [0.5, 0.6) is 5.88 Å². The van der Waals surface area contributed by atoms with Gasteiger partial charge in [0.15, 0.2) is 5.84 Å². The molecule has 0 saturated heterocycles. The lowest BCUT2D eigenvalue weighted by molar-refractivity contribution is -0.143. The molecule has 2 rings (SSSR count). The van der Waals surface area contributed by atoms with Crippen LogP contribution in [0.1, 0.15) is 36.1 Å². The first-order valence-electron chi connectivity index (χ1n) is 10.2. The second-order valence-corrected chi connectivity index (χ2v) is 7.54. The van der Waals surface area contributed by atoms with Gasteiger partial charge in [0.1, 0.15) is 0 Å². The molecule has 13 heteroatoms. The summed E-state index contributed by atoms with van der Waals surface area (Å²) in [6.07, 6.45) is -8.11. The first-order chi connectivity index (χ1) is 16.6. The number of ether oxygens (including phenoxy) is 2.